The molecule has 1 heterocycles. The van der Waals surface area contributed by atoms with E-state index >= 15 is 0 Å². The largest absolute Gasteiger partial charge is 0.335 e. The molecular formula is C15H19FN2O. The van der Waals surface area contributed by atoms with E-state index in [9.17, 15) is 9.18 Å². The Morgan fingerprint density at radius 2 is 2.32 bits per heavy atom. The summed E-state index contributed by atoms with van der Waals surface area (Å²) < 4.78 is 13.0. The van der Waals surface area contributed by atoms with Gasteiger partial charge in [-0.05, 0) is 43.0 Å². The van der Waals surface area contributed by atoms with E-state index in [4.69, 9.17) is 5.73 Å². The number of halogens is 1. The first kappa shape index (κ1) is 13.7. The molecule has 0 radical (unpaired) electrons. The second kappa shape index (κ2) is 6.48. The van der Waals surface area contributed by atoms with Gasteiger partial charge in [0, 0.05) is 25.2 Å². The van der Waals surface area contributed by atoms with E-state index in [1.165, 1.54) is 18.2 Å². The van der Waals surface area contributed by atoms with Gasteiger partial charge in [-0.15, -0.1) is 0 Å². The number of benzene rings is 1. The number of rotatable bonds is 3. The number of amides is 1. The van der Waals surface area contributed by atoms with Crippen molar-refractivity contribution in [3.8, 4) is 0 Å². The molecule has 1 fully saturated rings. The number of nitrogens with zero attached hydrogens (tertiary/aromatic N) is 1. The second-order valence-electron chi connectivity index (χ2n) is 4.81. The van der Waals surface area contributed by atoms with Crippen molar-refractivity contribution in [2.45, 2.75) is 25.3 Å². The van der Waals surface area contributed by atoms with Crippen molar-refractivity contribution in [3.05, 3.63) is 41.7 Å². The molecule has 0 saturated carbocycles. The van der Waals surface area contributed by atoms with Crippen LogP contribution in [0.5, 0.6) is 0 Å². The first-order valence-electron chi connectivity index (χ1n) is 6.65. The van der Waals surface area contributed by atoms with Crippen LogP contribution < -0.4 is 5.73 Å². The van der Waals surface area contributed by atoms with Crippen molar-refractivity contribution in [1.82, 2.24) is 4.90 Å². The highest BCUT2D eigenvalue weighted by Gasteiger charge is 2.23. The molecule has 102 valence electrons. The molecular weight excluding hydrogens is 243 g/mol. The Balaban J connectivity index is 2.03. The summed E-state index contributed by atoms with van der Waals surface area (Å²) in [5, 5.41) is 0. The molecule has 1 saturated heterocycles. The Kier molecular flexibility index (Phi) is 4.68. The molecule has 2 rings (SSSR count). The molecule has 19 heavy (non-hydrogen) atoms. The van der Waals surface area contributed by atoms with Crippen molar-refractivity contribution in [2.75, 3.05) is 13.1 Å². The van der Waals surface area contributed by atoms with E-state index in [1.54, 1.807) is 18.2 Å². The van der Waals surface area contributed by atoms with Gasteiger partial charge in [-0.25, -0.2) is 4.39 Å². The Morgan fingerprint density at radius 1 is 1.47 bits per heavy atom. The molecule has 1 aliphatic rings. The van der Waals surface area contributed by atoms with Crippen LogP contribution in [0.2, 0.25) is 0 Å². The third kappa shape index (κ3) is 3.64. The smallest absolute Gasteiger partial charge is 0.246 e. The third-order valence-electron chi connectivity index (χ3n) is 3.45. The van der Waals surface area contributed by atoms with Crippen LogP contribution in [0.4, 0.5) is 4.39 Å². The highest BCUT2D eigenvalue weighted by Crippen LogP contribution is 2.17. The van der Waals surface area contributed by atoms with Crippen LogP contribution in [0.25, 0.3) is 6.08 Å². The predicted octanol–water partition coefficient (Wildman–Crippen LogP) is 2.18. The number of piperidine rings is 1. The summed E-state index contributed by atoms with van der Waals surface area (Å²) in [5.74, 6) is -0.341. The van der Waals surface area contributed by atoms with E-state index in [0.717, 1.165) is 25.8 Å². The topological polar surface area (TPSA) is 46.3 Å². The normalized spacial score (nSPS) is 19.9. The molecule has 1 aromatic rings. The molecule has 2 N–H and O–H groups in total. The van der Waals surface area contributed by atoms with E-state index in [-0.39, 0.29) is 17.8 Å². The van der Waals surface area contributed by atoms with Gasteiger partial charge in [0.05, 0.1) is 0 Å². The highest BCUT2D eigenvalue weighted by molar-refractivity contribution is 5.92. The number of carbonyl (C=O) groups excluding carboxylic acids is 1. The number of hydrogen-bond donors (Lipinski definition) is 1. The predicted molar refractivity (Wildman–Crippen MR) is 73.8 cm³/mol. The summed E-state index contributed by atoms with van der Waals surface area (Å²) in [6.45, 7) is 1.26. The Hall–Kier alpha value is -1.68. The van der Waals surface area contributed by atoms with Crippen molar-refractivity contribution < 1.29 is 9.18 Å². The van der Waals surface area contributed by atoms with E-state index in [2.05, 4.69) is 0 Å². The Morgan fingerprint density at radius 3 is 3.05 bits per heavy atom. The van der Waals surface area contributed by atoms with Gasteiger partial charge < -0.3 is 10.6 Å². The summed E-state index contributed by atoms with van der Waals surface area (Å²) >= 11 is 0. The van der Waals surface area contributed by atoms with Crippen molar-refractivity contribution >= 4 is 12.0 Å². The average Bonchev–Trinajstić information content (AvgIpc) is 2.45. The van der Waals surface area contributed by atoms with Crippen molar-refractivity contribution in [3.63, 3.8) is 0 Å². The van der Waals surface area contributed by atoms with Gasteiger partial charge in [0.1, 0.15) is 5.82 Å². The maximum Gasteiger partial charge on any atom is 0.246 e. The second-order valence-corrected chi connectivity index (χ2v) is 4.81. The van der Waals surface area contributed by atoms with Crippen LogP contribution in [0.15, 0.2) is 30.3 Å². The SMILES string of the molecule is NCC1CCCCN1C(=O)C=Cc1cccc(F)c1. The molecule has 0 spiro atoms. The van der Waals surface area contributed by atoms with E-state index in [0.29, 0.717) is 12.1 Å². The lowest BCUT2D eigenvalue weighted by atomic mass is 10.0. The molecule has 0 bridgehead atoms. The highest BCUT2D eigenvalue weighted by atomic mass is 19.1. The fourth-order valence-corrected chi connectivity index (χ4v) is 2.41. The zero-order valence-electron chi connectivity index (χ0n) is 10.9. The molecule has 1 aromatic carbocycles. The van der Waals surface area contributed by atoms with Gasteiger partial charge in [0.25, 0.3) is 0 Å². The summed E-state index contributed by atoms with van der Waals surface area (Å²) in [4.78, 5) is 13.9. The first-order valence-corrected chi connectivity index (χ1v) is 6.65. The minimum absolute atomic E-state index is 0.0422. The first-order chi connectivity index (χ1) is 9.20. The third-order valence-corrected chi connectivity index (χ3v) is 3.45. The summed E-state index contributed by atoms with van der Waals surface area (Å²) in [7, 11) is 0. The number of carbonyl (C=O) groups is 1. The standard InChI is InChI=1S/C15H19FN2O/c16-13-5-3-4-12(10-13)7-8-15(19)18-9-2-1-6-14(18)11-17/h3-5,7-8,10,14H,1-2,6,9,11,17H2. The lowest BCUT2D eigenvalue weighted by Crippen LogP contribution is -2.46. The number of likely N-dealkylation sites (tertiary alicyclic amines) is 1. The van der Waals surface area contributed by atoms with Crippen LogP contribution in [-0.2, 0) is 4.79 Å². The van der Waals surface area contributed by atoms with E-state index in [1.807, 2.05) is 4.90 Å². The average molecular weight is 262 g/mol. The van der Waals surface area contributed by atoms with Crippen LogP contribution in [0, 0.1) is 5.82 Å². The fraction of sp³-hybridized carbons (Fsp3) is 0.400. The number of hydrogen-bond acceptors (Lipinski definition) is 2. The fourth-order valence-electron chi connectivity index (χ4n) is 2.41. The van der Waals surface area contributed by atoms with Gasteiger partial charge in [0.15, 0.2) is 0 Å². The lowest BCUT2D eigenvalue weighted by molar-refractivity contribution is -0.129. The Labute approximate surface area is 112 Å². The molecule has 1 aliphatic heterocycles. The maximum absolute atomic E-state index is 13.0. The molecule has 3 nitrogen and oxygen atoms in total. The molecule has 1 unspecified atom stereocenters. The summed E-state index contributed by atoms with van der Waals surface area (Å²) in [6, 6.07) is 6.32. The minimum Gasteiger partial charge on any atom is -0.335 e. The van der Waals surface area contributed by atoms with Gasteiger partial charge in [0.2, 0.25) is 5.91 Å². The van der Waals surface area contributed by atoms with E-state index < -0.39 is 0 Å². The molecule has 0 aliphatic carbocycles. The van der Waals surface area contributed by atoms with Gasteiger partial charge in [-0.1, -0.05) is 12.1 Å². The van der Waals surface area contributed by atoms with Gasteiger partial charge >= 0.3 is 0 Å². The van der Waals surface area contributed by atoms with Gasteiger partial charge in [-0.3, -0.25) is 4.79 Å². The minimum atomic E-state index is -0.299. The summed E-state index contributed by atoms with van der Waals surface area (Å²) in [5.41, 5.74) is 6.38. The summed E-state index contributed by atoms with van der Waals surface area (Å²) in [6.07, 6.45) is 6.27. The molecule has 1 atom stereocenters. The molecule has 1 amide bonds. The molecule has 4 heteroatoms. The lowest BCUT2D eigenvalue weighted by Gasteiger charge is -2.34. The Bertz CT molecular complexity index is 473. The van der Waals surface area contributed by atoms with Gasteiger partial charge in [-0.2, -0.15) is 0 Å². The van der Waals surface area contributed by atoms with Crippen molar-refractivity contribution in [1.29, 1.82) is 0 Å². The monoisotopic (exact) mass is 262 g/mol. The maximum atomic E-state index is 13.0. The molecule has 0 aromatic heterocycles. The zero-order chi connectivity index (χ0) is 13.7. The van der Waals surface area contributed by atoms with Crippen molar-refractivity contribution in [2.24, 2.45) is 5.73 Å². The van der Waals surface area contributed by atoms with Crippen LogP contribution >= 0.6 is 0 Å². The van der Waals surface area contributed by atoms with Crippen LogP contribution in [0.3, 0.4) is 0 Å². The van der Waals surface area contributed by atoms with Crippen LogP contribution in [-0.4, -0.2) is 29.9 Å². The number of nitrogens with two attached hydrogens (primary N) is 1. The zero-order valence-corrected chi connectivity index (χ0v) is 10.9. The van der Waals surface area contributed by atoms with Crippen LogP contribution in [0.1, 0.15) is 24.8 Å². The quantitative estimate of drug-likeness (QED) is 0.849.